The maximum atomic E-state index is 16.9. The van der Waals surface area contributed by atoms with Gasteiger partial charge in [0.05, 0.1) is 22.3 Å². The van der Waals surface area contributed by atoms with Crippen LogP contribution in [0.5, 0.6) is 0 Å². The zero-order chi connectivity index (χ0) is 34.3. The zero-order valence-corrected chi connectivity index (χ0v) is 22.6. The number of allylic oxidation sites excluding steroid dienone is 8. The number of nitriles is 8. The SMILES string of the molecule is N#CC(C#N)=C1C(c2cc(F)c(C#N)cc2F)=C(C#N)c2c(F)c3c(c(F)c21)C(C#N)=C(c1cnc(C#N)nc1F)C3=C(C#N)C#N. The maximum Gasteiger partial charge on any atom is 0.234 e. The Morgan fingerprint density at radius 2 is 1.04 bits per heavy atom. The number of nitrogens with zero attached hydrogens (tertiary/aromatic N) is 10. The number of aromatic nitrogens is 2. The first-order valence-electron chi connectivity index (χ1n) is 12.4. The van der Waals surface area contributed by atoms with E-state index in [1.54, 1.807) is 6.07 Å². The van der Waals surface area contributed by atoms with Crippen molar-refractivity contribution < 1.29 is 22.0 Å². The minimum Gasteiger partial charge on any atom is -0.227 e. The smallest absolute Gasteiger partial charge is 0.227 e. The van der Waals surface area contributed by atoms with Crippen molar-refractivity contribution in [3.8, 4) is 48.6 Å². The van der Waals surface area contributed by atoms with Gasteiger partial charge in [-0.2, -0.15) is 51.5 Å². The van der Waals surface area contributed by atoms with Crippen LogP contribution >= 0.6 is 0 Å². The first-order chi connectivity index (χ1) is 22.6. The molecule has 47 heavy (non-hydrogen) atoms. The maximum absolute atomic E-state index is 16.9. The van der Waals surface area contributed by atoms with Crippen LogP contribution in [0.2, 0.25) is 0 Å². The summed E-state index contributed by atoms with van der Waals surface area (Å²) in [5.74, 6) is -8.12. The van der Waals surface area contributed by atoms with Crippen LogP contribution in [0.4, 0.5) is 22.0 Å². The molecule has 1 aromatic heterocycles. The molecule has 5 rings (SSSR count). The van der Waals surface area contributed by atoms with E-state index in [4.69, 9.17) is 10.5 Å². The highest BCUT2D eigenvalue weighted by molar-refractivity contribution is 6.30. The van der Waals surface area contributed by atoms with Gasteiger partial charge in [-0.15, -0.1) is 0 Å². The van der Waals surface area contributed by atoms with E-state index in [1.807, 2.05) is 0 Å². The van der Waals surface area contributed by atoms with Crippen molar-refractivity contribution in [2.75, 3.05) is 0 Å². The van der Waals surface area contributed by atoms with Crippen molar-refractivity contribution in [2.45, 2.75) is 0 Å². The Labute approximate surface area is 259 Å². The predicted octanol–water partition coefficient (Wildman–Crippen LogP) is 5.41. The predicted molar refractivity (Wildman–Crippen MR) is 145 cm³/mol. The van der Waals surface area contributed by atoms with Gasteiger partial charge in [-0.25, -0.2) is 22.5 Å². The molecule has 0 amide bonds. The van der Waals surface area contributed by atoms with Gasteiger partial charge >= 0.3 is 0 Å². The van der Waals surface area contributed by atoms with Crippen molar-refractivity contribution in [2.24, 2.45) is 0 Å². The molecule has 0 spiro atoms. The monoisotopic (exact) mass is 622 g/mol. The third-order valence-electron chi connectivity index (χ3n) is 7.11. The van der Waals surface area contributed by atoms with Gasteiger partial charge in [0.25, 0.3) is 0 Å². The first kappa shape index (κ1) is 30.5. The summed E-state index contributed by atoms with van der Waals surface area (Å²) in [6.45, 7) is 0. The number of halogens is 5. The largest absolute Gasteiger partial charge is 0.234 e. The Bertz CT molecular complexity index is 2520. The van der Waals surface area contributed by atoms with E-state index >= 15 is 17.6 Å². The molecule has 10 nitrogen and oxygen atoms in total. The summed E-state index contributed by atoms with van der Waals surface area (Å²) in [5, 5.41) is 77.4. The van der Waals surface area contributed by atoms with Crippen LogP contribution in [0.1, 0.15) is 44.8 Å². The molecular weight excluding hydrogens is 619 g/mol. The lowest BCUT2D eigenvalue weighted by molar-refractivity contribution is 0.573. The highest BCUT2D eigenvalue weighted by atomic mass is 19.1. The lowest BCUT2D eigenvalue weighted by Gasteiger charge is -2.14. The average molecular weight is 622 g/mol. The minimum absolute atomic E-state index is 0.419. The number of fused-ring (bicyclic) bond motifs is 2. The molecule has 0 saturated heterocycles. The van der Waals surface area contributed by atoms with Gasteiger partial charge in [0.15, 0.2) is 0 Å². The lowest BCUT2D eigenvalue weighted by Crippen LogP contribution is -2.05. The van der Waals surface area contributed by atoms with Crippen molar-refractivity contribution in [1.82, 2.24) is 9.97 Å². The third-order valence-corrected chi connectivity index (χ3v) is 7.11. The summed E-state index contributed by atoms with van der Waals surface area (Å²) in [4.78, 5) is 6.89. The van der Waals surface area contributed by atoms with Crippen LogP contribution in [0.3, 0.4) is 0 Å². The topological polar surface area (TPSA) is 216 Å². The van der Waals surface area contributed by atoms with Crippen LogP contribution in [0, 0.1) is 120 Å². The minimum atomic E-state index is -1.62. The van der Waals surface area contributed by atoms with E-state index in [0.717, 1.165) is 0 Å². The highest BCUT2D eigenvalue weighted by Crippen LogP contribution is 2.57. The highest BCUT2D eigenvalue weighted by Gasteiger charge is 2.45. The van der Waals surface area contributed by atoms with Crippen LogP contribution in [-0.4, -0.2) is 9.97 Å². The van der Waals surface area contributed by atoms with Crippen LogP contribution < -0.4 is 0 Å². The van der Waals surface area contributed by atoms with Crippen molar-refractivity contribution >= 4 is 33.4 Å². The van der Waals surface area contributed by atoms with Crippen molar-refractivity contribution in [1.29, 1.82) is 42.1 Å². The lowest BCUT2D eigenvalue weighted by atomic mass is 9.89. The molecule has 1 heterocycles. The molecule has 0 bridgehead atoms. The molecule has 3 aromatic rings. The third kappa shape index (κ3) is 4.16. The molecule has 2 aliphatic carbocycles. The number of benzene rings is 2. The summed E-state index contributed by atoms with van der Waals surface area (Å²) >= 11 is 0. The van der Waals surface area contributed by atoms with Gasteiger partial charge in [-0.1, -0.05) is 0 Å². The molecule has 15 heteroatoms. The summed E-state index contributed by atoms with van der Waals surface area (Å²) < 4.78 is 79.1. The van der Waals surface area contributed by atoms with Gasteiger partial charge in [-0.3, -0.25) is 0 Å². The van der Waals surface area contributed by atoms with E-state index in [2.05, 4.69) is 9.97 Å². The van der Waals surface area contributed by atoms with E-state index in [9.17, 15) is 36.0 Å². The van der Waals surface area contributed by atoms with Gasteiger partial charge < -0.3 is 0 Å². The molecule has 2 aromatic carbocycles. The fraction of sp³-hybridized carbons (Fsp3) is 0. The molecule has 0 saturated carbocycles. The Morgan fingerprint density at radius 1 is 0.553 bits per heavy atom. The average Bonchev–Trinajstić information content (AvgIpc) is 3.60. The van der Waals surface area contributed by atoms with E-state index in [-0.39, 0.29) is 0 Å². The molecule has 0 N–H and O–H groups in total. The second-order valence-corrected chi connectivity index (χ2v) is 9.23. The molecule has 2 aliphatic rings. The summed E-state index contributed by atoms with van der Waals surface area (Å²) in [7, 11) is 0. The summed E-state index contributed by atoms with van der Waals surface area (Å²) in [6.07, 6.45) is 0.672. The molecule has 0 unspecified atom stereocenters. The van der Waals surface area contributed by atoms with Crippen molar-refractivity contribution in [3.05, 3.63) is 103 Å². The second kappa shape index (κ2) is 11.3. The number of hydrogen-bond acceptors (Lipinski definition) is 10. The van der Waals surface area contributed by atoms with Crippen LogP contribution in [-0.2, 0) is 0 Å². The van der Waals surface area contributed by atoms with Crippen LogP contribution in [0.25, 0.3) is 33.4 Å². The molecule has 216 valence electrons. The normalized spacial score (nSPS) is 12.4. The number of rotatable bonds is 2. The fourth-order valence-corrected chi connectivity index (χ4v) is 5.32. The Kier molecular flexibility index (Phi) is 7.32. The number of hydrogen-bond donors (Lipinski definition) is 0. The Balaban J connectivity index is 2.04. The first-order valence-corrected chi connectivity index (χ1v) is 12.4. The van der Waals surface area contributed by atoms with E-state index in [1.165, 1.54) is 42.5 Å². The summed E-state index contributed by atoms with van der Waals surface area (Å²) in [6, 6.07) is 12.5. The van der Waals surface area contributed by atoms with E-state index < -0.39 is 119 Å². The molecule has 0 atom stereocenters. The standard InChI is InChI=1S/C32H3F5N10/c33-19-2-15(20(34)1-12(19)3-38)24-16(8-43)26-28(22(24)13(4-39)5-40)31(36)27-17(9-44)25(18-11-46-21(10-45)47-32(18)37)23(14(6-41)7-42)29(27)30(26)35/h1-2,11H. The van der Waals surface area contributed by atoms with Crippen LogP contribution in [0.15, 0.2) is 29.5 Å². The molecule has 0 aliphatic heterocycles. The fourth-order valence-electron chi connectivity index (χ4n) is 5.32. The van der Waals surface area contributed by atoms with Gasteiger partial charge in [-0.05, 0) is 12.1 Å². The zero-order valence-electron chi connectivity index (χ0n) is 22.6. The van der Waals surface area contributed by atoms with Gasteiger partial charge in [0.2, 0.25) is 11.8 Å². The second-order valence-electron chi connectivity index (χ2n) is 9.23. The molecule has 0 fully saturated rings. The molecular formula is C32H3F5N10. The molecule has 0 radical (unpaired) electrons. The van der Waals surface area contributed by atoms with Crippen molar-refractivity contribution in [3.63, 3.8) is 0 Å². The van der Waals surface area contributed by atoms with Gasteiger partial charge in [0.1, 0.15) is 83.0 Å². The van der Waals surface area contributed by atoms with Gasteiger partial charge in [0, 0.05) is 56.3 Å². The Hall–Kier alpha value is -7.95. The summed E-state index contributed by atoms with van der Waals surface area (Å²) in [5.41, 5.74) is -13.5. The quantitative estimate of drug-likeness (QED) is 0.201. The van der Waals surface area contributed by atoms with E-state index in [0.29, 0.717) is 18.3 Å². The Morgan fingerprint density at radius 3 is 1.45 bits per heavy atom.